The molecule has 0 saturated carbocycles. The van der Waals surface area contributed by atoms with Gasteiger partial charge in [-0.25, -0.2) is 4.39 Å². The van der Waals surface area contributed by atoms with E-state index >= 15 is 0 Å². The maximum Gasteiger partial charge on any atom is 0.223 e. The molecule has 0 aliphatic carbocycles. The molecule has 0 spiro atoms. The van der Waals surface area contributed by atoms with Gasteiger partial charge in [0.15, 0.2) is 6.17 Å². The third-order valence-electron chi connectivity index (χ3n) is 0.899. The van der Waals surface area contributed by atoms with Crippen LogP contribution in [-0.4, -0.2) is 10.1 Å². The predicted octanol–water partition coefficient (Wildman–Crippen LogP) is 1.41. The van der Waals surface area contributed by atoms with Gasteiger partial charge in [0, 0.05) is 6.92 Å². The van der Waals surface area contributed by atoms with Gasteiger partial charge in [-0.1, -0.05) is 5.16 Å². The largest absolute Gasteiger partial charge is 0.340 e. The fourth-order valence-electron chi connectivity index (χ4n) is 0.477. The second-order valence-electron chi connectivity index (χ2n) is 1.79. The summed E-state index contributed by atoms with van der Waals surface area (Å²) < 4.78 is 16.8. The van der Waals surface area contributed by atoms with E-state index in [-0.39, 0.29) is 5.82 Å². The van der Waals surface area contributed by atoms with Gasteiger partial charge in [-0.3, -0.25) is 0 Å². The van der Waals surface area contributed by atoms with E-state index in [1.807, 2.05) is 0 Å². The van der Waals surface area contributed by atoms with Crippen LogP contribution in [0.2, 0.25) is 0 Å². The molecular weight excluding hydrogens is 123 g/mol. The maximum atomic E-state index is 12.3. The molecule has 50 valence electrons. The highest BCUT2D eigenvalue weighted by atomic mass is 19.1. The number of nitrogens with zero attached hydrogens (tertiary/aromatic N) is 2. The third kappa shape index (κ3) is 1.25. The van der Waals surface area contributed by atoms with Gasteiger partial charge < -0.3 is 4.52 Å². The van der Waals surface area contributed by atoms with E-state index < -0.39 is 6.17 Å². The minimum Gasteiger partial charge on any atom is -0.340 e. The Labute approximate surface area is 51.9 Å². The Hall–Kier alpha value is -0.930. The number of aromatic nitrogens is 2. The van der Waals surface area contributed by atoms with Crippen molar-refractivity contribution in [1.29, 1.82) is 0 Å². The summed E-state index contributed by atoms with van der Waals surface area (Å²) in [6.45, 7) is 2.99. The Morgan fingerprint density at radius 2 is 2.33 bits per heavy atom. The predicted molar refractivity (Wildman–Crippen MR) is 28.6 cm³/mol. The summed E-state index contributed by atoms with van der Waals surface area (Å²) in [5.74, 6) is 0.516. The standard InChI is InChI=1S/C5H7FN2O/c1-3(6)5-7-4(2)9-8-5/h3H,1-2H3. The summed E-state index contributed by atoms with van der Waals surface area (Å²) in [5, 5.41) is 3.35. The first-order valence-corrected chi connectivity index (χ1v) is 2.64. The topological polar surface area (TPSA) is 38.9 Å². The molecule has 3 nitrogen and oxygen atoms in total. The zero-order valence-electron chi connectivity index (χ0n) is 5.26. The van der Waals surface area contributed by atoms with Crippen LogP contribution in [0.5, 0.6) is 0 Å². The molecular formula is C5H7FN2O. The maximum absolute atomic E-state index is 12.3. The Morgan fingerprint density at radius 3 is 2.56 bits per heavy atom. The first-order valence-electron chi connectivity index (χ1n) is 2.64. The molecule has 0 aromatic carbocycles. The molecule has 0 N–H and O–H groups in total. The summed E-state index contributed by atoms with van der Waals surface area (Å²) in [5.41, 5.74) is 0. The summed E-state index contributed by atoms with van der Waals surface area (Å²) >= 11 is 0. The highest BCUT2D eigenvalue weighted by molar-refractivity contribution is 4.86. The number of halogens is 1. The summed E-state index contributed by atoms with van der Waals surface area (Å²) in [6, 6.07) is 0. The van der Waals surface area contributed by atoms with Gasteiger partial charge in [0.05, 0.1) is 0 Å². The van der Waals surface area contributed by atoms with E-state index in [4.69, 9.17) is 0 Å². The molecule has 1 aromatic rings. The van der Waals surface area contributed by atoms with Crippen molar-refractivity contribution in [2.45, 2.75) is 20.0 Å². The Balaban J connectivity index is 2.85. The van der Waals surface area contributed by atoms with Crippen molar-refractivity contribution in [3.05, 3.63) is 11.7 Å². The molecule has 0 fully saturated rings. The number of hydrogen-bond acceptors (Lipinski definition) is 3. The van der Waals surface area contributed by atoms with Crippen LogP contribution in [0.15, 0.2) is 4.52 Å². The molecule has 0 bridgehead atoms. The van der Waals surface area contributed by atoms with Gasteiger partial charge >= 0.3 is 0 Å². The Bertz CT molecular complexity index is 197. The summed E-state index contributed by atoms with van der Waals surface area (Å²) in [6.07, 6.45) is -1.14. The molecule has 1 aromatic heterocycles. The van der Waals surface area contributed by atoms with E-state index in [0.717, 1.165) is 0 Å². The SMILES string of the molecule is Cc1nc(C(C)F)no1. The quantitative estimate of drug-likeness (QED) is 0.576. The molecule has 1 unspecified atom stereocenters. The lowest BCUT2D eigenvalue weighted by molar-refractivity contribution is 0.328. The number of hydrogen-bond donors (Lipinski definition) is 0. The first kappa shape index (κ1) is 6.19. The number of rotatable bonds is 1. The Kier molecular flexibility index (Phi) is 1.46. The monoisotopic (exact) mass is 130 g/mol. The molecule has 0 aliphatic rings. The third-order valence-corrected chi connectivity index (χ3v) is 0.899. The van der Waals surface area contributed by atoms with Gasteiger partial charge in [-0.05, 0) is 6.92 Å². The zero-order valence-corrected chi connectivity index (χ0v) is 5.26. The second kappa shape index (κ2) is 2.13. The number of alkyl halides is 1. The van der Waals surface area contributed by atoms with Crippen LogP contribution in [0.1, 0.15) is 24.8 Å². The summed E-state index contributed by atoms with van der Waals surface area (Å²) in [7, 11) is 0. The van der Waals surface area contributed by atoms with Crippen LogP contribution in [0, 0.1) is 6.92 Å². The molecule has 1 rings (SSSR count). The number of aryl methyl sites for hydroxylation is 1. The van der Waals surface area contributed by atoms with Crippen LogP contribution in [-0.2, 0) is 0 Å². The molecule has 4 heteroatoms. The lowest BCUT2D eigenvalue weighted by Crippen LogP contribution is -1.87. The Morgan fingerprint density at radius 1 is 1.67 bits per heavy atom. The minimum atomic E-state index is -1.14. The molecule has 0 amide bonds. The van der Waals surface area contributed by atoms with Crippen LogP contribution in [0.25, 0.3) is 0 Å². The molecule has 0 radical (unpaired) electrons. The van der Waals surface area contributed by atoms with E-state index in [1.54, 1.807) is 6.92 Å². The van der Waals surface area contributed by atoms with E-state index in [9.17, 15) is 4.39 Å². The van der Waals surface area contributed by atoms with Crippen LogP contribution >= 0.6 is 0 Å². The first-order chi connectivity index (χ1) is 4.20. The second-order valence-corrected chi connectivity index (χ2v) is 1.79. The average molecular weight is 130 g/mol. The van der Waals surface area contributed by atoms with E-state index in [1.165, 1.54) is 6.92 Å². The molecule has 9 heavy (non-hydrogen) atoms. The minimum absolute atomic E-state index is 0.118. The highest BCUT2D eigenvalue weighted by Gasteiger charge is 2.08. The van der Waals surface area contributed by atoms with Crippen molar-refractivity contribution in [2.24, 2.45) is 0 Å². The lowest BCUT2D eigenvalue weighted by atomic mass is 10.4. The van der Waals surface area contributed by atoms with E-state index in [0.29, 0.717) is 5.89 Å². The zero-order chi connectivity index (χ0) is 6.85. The van der Waals surface area contributed by atoms with Gasteiger partial charge in [-0.2, -0.15) is 4.98 Å². The fraction of sp³-hybridized carbons (Fsp3) is 0.600. The van der Waals surface area contributed by atoms with Crippen molar-refractivity contribution in [1.82, 2.24) is 10.1 Å². The van der Waals surface area contributed by atoms with E-state index in [2.05, 4.69) is 14.7 Å². The summed E-state index contributed by atoms with van der Waals surface area (Å²) in [4.78, 5) is 3.66. The van der Waals surface area contributed by atoms with Crippen LogP contribution < -0.4 is 0 Å². The van der Waals surface area contributed by atoms with Crippen LogP contribution in [0.4, 0.5) is 4.39 Å². The van der Waals surface area contributed by atoms with Gasteiger partial charge in [-0.15, -0.1) is 0 Å². The van der Waals surface area contributed by atoms with Gasteiger partial charge in [0.2, 0.25) is 11.7 Å². The smallest absolute Gasteiger partial charge is 0.223 e. The fourth-order valence-corrected chi connectivity index (χ4v) is 0.477. The van der Waals surface area contributed by atoms with Crippen LogP contribution in [0.3, 0.4) is 0 Å². The van der Waals surface area contributed by atoms with Crippen molar-refractivity contribution < 1.29 is 8.91 Å². The van der Waals surface area contributed by atoms with Crippen molar-refractivity contribution in [2.75, 3.05) is 0 Å². The molecule has 1 heterocycles. The highest BCUT2D eigenvalue weighted by Crippen LogP contribution is 2.10. The van der Waals surface area contributed by atoms with Crippen molar-refractivity contribution >= 4 is 0 Å². The van der Waals surface area contributed by atoms with Gasteiger partial charge in [0.25, 0.3) is 0 Å². The molecule has 0 saturated heterocycles. The normalized spacial score (nSPS) is 13.7. The van der Waals surface area contributed by atoms with Crippen molar-refractivity contribution in [3.63, 3.8) is 0 Å². The molecule has 0 aliphatic heterocycles. The lowest BCUT2D eigenvalue weighted by Gasteiger charge is -1.86. The molecule has 1 atom stereocenters. The average Bonchev–Trinajstić information content (AvgIpc) is 2.14. The van der Waals surface area contributed by atoms with Gasteiger partial charge in [0.1, 0.15) is 0 Å². The van der Waals surface area contributed by atoms with Crippen molar-refractivity contribution in [3.8, 4) is 0 Å².